The number of para-hydroxylation sites is 2. The monoisotopic (exact) mass is 258 g/mol. The lowest BCUT2D eigenvalue weighted by atomic mass is 10.3. The van der Waals surface area contributed by atoms with Crippen molar-refractivity contribution in [3.8, 4) is 0 Å². The molecule has 0 saturated carbocycles. The summed E-state index contributed by atoms with van der Waals surface area (Å²) in [7, 11) is 0. The molecule has 0 radical (unpaired) electrons. The van der Waals surface area contributed by atoms with Gasteiger partial charge in [0, 0.05) is 5.69 Å². The van der Waals surface area contributed by atoms with E-state index in [-0.39, 0.29) is 0 Å². The third-order valence-electron chi connectivity index (χ3n) is 2.63. The largest absolute Gasteiger partial charge is 0.399 e. The fraction of sp³-hybridized carbons (Fsp3) is 0. The highest BCUT2D eigenvalue weighted by atomic mass is 35.5. The summed E-state index contributed by atoms with van der Waals surface area (Å²) in [5.41, 5.74) is 8.99. The molecule has 0 atom stereocenters. The first-order valence-corrected chi connectivity index (χ1v) is 5.87. The van der Waals surface area contributed by atoms with Crippen molar-refractivity contribution in [3.63, 3.8) is 0 Å². The summed E-state index contributed by atoms with van der Waals surface area (Å²) in [6, 6.07) is 13.1. The van der Waals surface area contributed by atoms with Crippen LogP contribution in [0.3, 0.4) is 0 Å². The quantitative estimate of drug-likeness (QED) is 0.616. The zero-order valence-electron chi connectivity index (χ0n) is 9.44. The molecule has 0 saturated heterocycles. The van der Waals surface area contributed by atoms with Gasteiger partial charge in [0.1, 0.15) is 0 Å². The highest BCUT2D eigenvalue weighted by molar-refractivity contribution is 6.33. The number of aromatic nitrogens is 2. The van der Waals surface area contributed by atoms with E-state index >= 15 is 0 Å². The van der Waals surface area contributed by atoms with Gasteiger partial charge in [0.2, 0.25) is 5.95 Å². The summed E-state index contributed by atoms with van der Waals surface area (Å²) in [5.74, 6) is 0.642. The van der Waals surface area contributed by atoms with Crippen LogP contribution >= 0.6 is 11.6 Å². The number of nitrogens with one attached hydrogen (secondary N) is 2. The van der Waals surface area contributed by atoms with Crippen LogP contribution in [0.15, 0.2) is 42.5 Å². The highest BCUT2D eigenvalue weighted by Crippen LogP contribution is 2.27. The van der Waals surface area contributed by atoms with Gasteiger partial charge < -0.3 is 16.0 Å². The predicted molar refractivity (Wildman–Crippen MR) is 75.2 cm³/mol. The number of hydrogen-bond acceptors (Lipinski definition) is 3. The molecule has 18 heavy (non-hydrogen) atoms. The molecule has 4 nitrogen and oxygen atoms in total. The Morgan fingerprint density at radius 3 is 2.83 bits per heavy atom. The van der Waals surface area contributed by atoms with E-state index in [2.05, 4.69) is 15.3 Å². The van der Waals surface area contributed by atoms with E-state index in [1.54, 1.807) is 18.2 Å². The van der Waals surface area contributed by atoms with Crippen molar-refractivity contribution in [1.29, 1.82) is 0 Å². The van der Waals surface area contributed by atoms with E-state index in [4.69, 9.17) is 17.3 Å². The van der Waals surface area contributed by atoms with Gasteiger partial charge in [-0.05, 0) is 30.3 Å². The number of nitrogen functional groups attached to an aromatic ring is 1. The molecule has 5 heteroatoms. The average molecular weight is 259 g/mol. The second-order valence-corrected chi connectivity index (χ2v) is 4.37. The molecule has 4 N–H and O–H groups in total. The van der Waals surface area contributed by atoms with Crippen LogP contribution in [0.1, 0.15) is 0 Å². The highest BCUT2D eigenvalue weighted by Gasteiger charge is 2.05. The zero-order valence-corrected chi connectivity index (χ0v) is 10.2. The Hall–Kier alpha value is -2.20. The summed E-state index contributed by atoms with van der Waals surface area (Å²) in [4.78, 5) is 7.58. The number of nitrogens with two attached hydrogens (primary N) is 1. The van der Waals surface area contributed by atoms with Crippen molar-refractivity contribution in [1.82, 2.24) is 9.97 Å². The number of aromatic amines is 1. The Labute approximate surface area is 109 Å². The van der Waals surface area contributed by atoms with Gasteiger partial charge in [-0.1, -0.05) is 23.7 Å². The molecule has 1 heterocycles. The maximum Gasteiger partial charge on any atom is 0.205 e. The maximum atomic E-state index is 6.09. The lowest BCUT2D eigenvalue weighted by Crippen LogP contribution is -1.94. The maximum absolute atomic E-state index is 6.09. The number of halogens is 1. The summed E-state index contributed by atoms with van der Waals surface area (Å²) < 4.78 is 0. The Kier molecular flexibility index (Phi) is 2.57. The first-order chi connectivity index (χ1) is 8.72. The van der Waals surface area contributed by atoms with E-state index < -0.39 is 0 Å². The minimum absolute atomic E-state index is 0.602. The van der Waals surface area contributed by atoms with Crippen molar-refractivity contribution in [2.45, 2.75) is 0 Å². The SMILES string of the molecule is Nc1ccc(Cl)c(Nc2nc3ccccc3[nH]2)c1. The van der Waals surface area contributed by atoms with E-state index in [0.29, 0.717) is 16.7 Å². The lowest BCUT2D eigenvalue weighted by molar-refractivity contribution is 1.31. The van der Waals surface area contributed by atoms with Crippen LogP contribution in [0.5, 0.6) is 0 Å². The minimum Gasteiger partial charge on any atom is -0.399 e. The topological polar surface area (TPSA) is 66.7 Å². The van der Waals surface area contributed by atoms with Crippen LogP contribution in [0.25, 0.3) is 11.0 Å². The number of nitrogens with zero attached hydrogens (tertiary/aromatic N) is 1. The molecule has 1 aromatic heterocycles. The van der Waals surface area contributed by atoms with E-state index in [1.165, 1.54) is 0 Å². The molecule has 0 spiro atoms. The average Bonchev–Trinajstić information content (AvgIpc) is 2.76. The summed E-state index contributed by atoms with van der Waals surface area (Å²) in [6.45, 7) is 0. The van der Waals surface area contributed by atoms with Gasteiger partial charge in [-0.15, -0.1) is 0 Å². The first-order valence-electron chi connectivity index (χ1n) is 5.49. The van der Waals surface area contributed by atoms with Crippen LogP contribution in [0.4, 0.5) is 17.3 Å². The number of fused-ring (bicyclic) bond motifs is 1. The molecule has 0 aliphatic heterocycles. The Morgan fingerprint density at radius 1 is 1.17 bits per heavy atom. The van der Waals surface area contributed by atoms with Crippen molar-refractivity contribution in [2.75, 3.05) is 11.1 Å². The summed E-state index contributed by atoms with van der Waals surface area (Å²) in [5, 5.41) is 3.73. The molecule has 2 aromatic carbocycles. The molecule has 0 aliphatic rings. The van der Waals surface area contributed by atoms with Gasteiger partial charge in [0.25, 0.3) is 0 Å². The van der Waals surface area contributed by atoms with Crippen LogP contribution in [-0.4, -0.2) is 9.97 Å². The molecule has 3 rings (SSSR count). The molecule has 0 amide bonds. The molecule has 0 aliphatic carbocycles. The van der Waals surface area contributed by atoms with Gasteiger partial charge in [0.15, 0.2) is 0 Å². The van der Waals surface area contributed by atoms with Crippen molar-refractivity contribution in [2.24, 2.45) is 0 Å². The van der Waals surface area contributed by atoms with Crippen molar-refractivity contribution < 1.29 is 0 Å². The standard InChI is InChI=1S/C13H11ClN4/c14-9-6-5-8(15)7-12(9)18-13-16-10-3-1-2-4-11(10)17-13/h1-7H,15H2,(H2,16,17,18). The van der Waals surface area contributed by atoms with Gasteiger partial charge in [-0.25, -0.2) is 4.98 Å². The Balaban J connectivity index is 1.98. The molecule has 0 fully saturated rings. The number of imidazole rings is 1. The molecular formula is C13H11ClN4. The van der Waals surface area contributed by atoms with Crippen LogP contribution in [0.2, 0.25) is 5.02 Å². The van der Waals surface area contributed by atoms with Crippen LogP contribution in [0, 0.1) is 0 Å². The minimum atomic E-state index is 0.602. The van der Waals surface area contributed by atoms with Crippen molar-refractivity contribution in [3.05, 3.63) is 47.5 Å². The fourth-order valence-electron chi connectivity index (χ4n) is 1.78. The van der Waals surface area contributed by atoms with Gasteiger partial charge >= 0.3 is 0 Å². The Morgan fingerprint density at radius 2 is 2.00 bits per heavy atom. The Bertz CT molecular complexity index is 672. The number of hydrogen-bond donors (Lipinski definition) is 3. The number of benzene rings is 2. The third-order valence-corrected chi connectivity index (χ3v) is 2.96. The normalized spacial score (nSPS) is 10.7. The molecule has 0 unspecified atom stereocenters. The van der Waals surface area contributed by atoms with Gasteiger partial charge in [0.05, 0.1) is 21.7 Å². The molecule has 90 valence electrons. The summed E-state index contributed by atoms with van der Waals surface area (Å²) >= 11 is 6.09. The second-order valence-electron chi connectivity index (χ2n) is 3.97. The first kappa shape index (κ1) is 10.9. The fourth-order valence-corrected chi connectivity index (χ4v) is 1.94. The smallest absolute Gasteiger partial charge is 0.205 e. The van der Waals surface area contributed by atoms with Crippen LogP contribution in [-0.2, 0) is 0 Å². The molecule has 3 aromatic rings. The van der Waals surface area contributed by atoms with Gasteiger partial charge in [-0.2, -0.15) is 0 Å². The number of H-pyrrole nitrogens is 1. The van der Waals surface area contributed by atoms with E-state index in [1.807, 2.05) is 24.3 Å². The van der Waals surface area contributed by atoms with E-state index in [0.717, 1.165) is 16.7 Å². The predicted octanol–water partition coefficient (Wildman–Crippen LogP) is 3.54. The lowest BCUT2D eigenvalue weighted by Gasteiger charge is -2.05. The molecule has 0 bridgehead atoms. The number of rotatable bonds is 2. The zero-order chi connectivity index (χ0) is 12.5. The molecular weight excluding hydrogens is 248 g/mol. The number of anilines is 3. The summed E-state index contributed by atoms with van der Waals surface area (Å²) in [6.07, 6.45) is 0. The van der Waals surface area contributed by atoms with Crippen LogP contribution < -0.4 is 11.1 Å². The van der Waals surface area contributed by atoms with Crippen molar-refractivity contribution >= 4 is 40.0 Å². The van der Waals surface area contributed by atoms with E-state index in [9.17, 15) is 0 Å². The van der Waals surface area contributed by atoms with Gasteiger partial charge in [-0.3, -0.25) is 0 Å². The second kappa shape index (κ2) is 4.23. The third kappa shape index (κ3) is 1.98.